The summed E-state index contributed by atoms with van der Waals surface area (Å²) in [6, 6.07) is 45.1. The van der Waals surface area contributed by atoms with Crippen LogP contribution in [-0.2, 0) is 21.8 Å². The molecule has 4 heteroatoms. The second kappa shape index (κ2) is 13.8. The Kier molecular flexibility index (Phi) is 9.06. The van der Waals surface area contributed by atoms with Crippen molar-refractivity contribution in [1.29, 1.82) is 0 Å². The number of aromatic nitrogens is 4. The Morgan fingerprint density at radius 3 is 1.82 bits per heavy atom. The lowest BCUT2D eigenvalue weighted by atomic mass is 9.83. The lowest BCUT2D eigenvalue weighted by Gasteiger charge is -2.25. The van der Waals surface area contributed by atoms with Gasteiger partial charge in [-0.2, -0.15) is 0 Å². The van der Waals surface area contributed by atoms with Crippen molar-refractivity contribution in [1.82, 2.24) is 19.5 Å². The first-order valence-electron chi connectivity index (χ1n) is 21.5. The maximum atomic E-state index is 5.75. The van der Waals surface area contributed by atoms with Crippen LogP contribution in [0.2, 0.25) is 0 Å². The van der Waals surface area contributed by atoms with Gasteiger partial charge in [0.2, 0.25) is 0 Å². The van der Waals surface area contributed by atoms with E-state index in [0.29, 0.717) is 0 Å². The molecule has 3 aromatic heterocycles. The summed E-state index contributed by atoms with van der Waals surface area (Å²) < 4.78 is 2.45. The summed E-state index contributed by atoms with van der Waals surface area (Å²) in [5.41, 5.74) is 17.0. The topological polar surface area (TPSA) is 46.5 Å². The first-order valence-corrected chi connectivity index (χ1v) is 21.5. The highest BCUT2D eigenvalue weighted by Gasteiger charge is 2.28. The number of aromatic amines is 1. The van der Waals surface area contributed by atoms with Gasteiger partial charge in [-0.05, 0) is 137 Å². The Morgan fingerprint density at radius 2 is 1.12 bits per heavy atom. The van der Waals surface area contributed by atoms with Crippen molar-refractivity contribution in [2.24, 2.45) is 0 Å². The van der Waals surface area contributed by atoms with Gasteiger partial charge in [-0.15, -0.1) is 0 Å². The normalized spacial score (nSPS) is 13.0. The van der Waals surface area contributed by atoms with Crippen LogP contribution in [0.3, 0.4) is 0 Å². The summed E-state index contributed by atoms with van der Waals surface area (Å²) in [6.45, 7) is 27.5. The van der Waals surface area contributed by atoms with Gasteiger partial charge in [0.1, 0.15) is 5.82 Å². The van der Waals surface area contributed by atoms with Crippen molar-refractivity contribution in [3.63, 3.8) is 0 Å². The minimum atomic E-state index is -0.279. The van der Waals surface area contributed by atoms with Crippen LogP contribution in [0.4, 0.5) is 0 Å². The number of fused-ring (bicyclic) bond motifs is 5. The third-order valence-corrected chi connectivity index (χ3v) is 12.3. The summed E-state index contributed by atoms with van der Waals surface area (Å²) in [4.78, 5) is 14.6. The second-order valence-electron chi connectivity index (χ2n) is 21.0. The molecular formula is C56H58N4. The molecule has 0 saturated heterocycles. The van der Waals surface area contributed by atoms with Crippen molar-refractivity contribution in [2.75, 3.05) is 0 Å². The fraction of sp³-hybridized carbons (Fsp3) is 0.286. The van der Waals surface area contributed by atoms with Gasteiger partial charge < -0.3 is 9.55 Å². The van der Waals surface area contributed by atoms with Crippen LogP contribution in [0.25, 0.3) is 88.5 Å². The summed E-state index contributed by atoms with van der Waals surface area (Å²) in [5, 5.41) is 3.67. The van der Waals surface area contributed by atoms with Crippen LogP contribution in [0.1, 0.15) is 99.8 Å². The SMILES string of the molecule is CC(C)(C)c1cc(-c2cc(-c3ccccc3)cc(-c3nc4c(-c5cc(C(C)(C)C)cc6c5[nH]c5ccc(C(C)(C)C)cc56)cccc4n3C(C)(C)C)c2)c2ncccc2c1. The first kappa shape index (κ1) is 39.5. The number of para-hydroxylation sites is 1. The quantitative estimate of drug-likeness (QED) is 0.193. The third-order valence-electron chi connectivity index (χ3n) is 12.3. The molecule has 3 heterocycles. The predicted molar refractivity (Wildman–Crippen MR) is 257 cm³/mol. The molecule has 302 valence electrons. The average Bonchev–Trinajstić information content (AvgIpc) is 3.79. The van der Waals surface area contributed by atoms with E-state index in [-0.39, 0.29) is 21.8 Å². The number of rotatable bonds is 4. The van der Waals surface area contributed by atoms with Gasteiger partial charge in [-0.25, -0.2) is 4.98 Å². The number of hydrogen-bond acceptors (Lipinski definition) is 2. The molecule has 0 unspecified atom stereocenters. The van der Waals surface area contributed by atoms with E-state index < -0.39 is 0 Å². The lowest BCUT2D eigenvalue weighted by molar-refractivity contribution is 0.413. The van der Waals surface area contributed by atoms with E-state index in [1.165, 1.54) is 38.6 Å². The van der Waals surface area contributed by atoms with Crippen LogP contribution in [0, 0.1) is 0 Å². The highest BCUT2D eigenvalue weighted by atomic mass is 15.1. The maximum absolute atomic E-state index is 5.75. The summed E-state index contributed by atoms with van der Waals surface area (Å²) in [6.07, 6.45) is 1.91. The van der Waals surface area contributed by atoms with Crippen LogP contribution in [-0.4, -0.2) is 19.5 Å². The summed E-state index contributed by atoms with van der Waals surface area (Å²) >= 11 is 0. The fourth-order valence-electron chi connectivity index (χ4n) is 8.86. The molecule has 0 aliphatic heterocycles. The largest absolute Gasteiger partial charge is 0.354 e. The smallest absolute Gasteiger partial charge is 0.141 e. The predicted octanol–water partition coefficient (Wildman–Crippen LogP) is 15.5. The molecule has 0 fully saturated rings. The third kappa shape index (κ3) is 6.90. The standard InChI is InChI=1S/C56H58N4/c1-53(2,3)39-23-24-47-44(30-39)46-33-41(55(7,8)9)32-45(50(46)58-47)42-21-16-22-48-51(42)59-52(60(48)56(10,11)12)38-27-36(34-18-14-13-15-19-34)26-37(28-38)43-31-40(54(4,5)6)29-35-20-17-25-57-49(35)43/h13-33,58H,1-12H3. The molecule has 0 atom stereocenters. The molecule has 9 rings (SSSR count). The molecule has 9 aromatic rings. The van der Waals surface area contributed by atoms with Gasteiger partial charge in [-0.3, -0.25) is 4.98 Å². The van der Waals surface area contributed by atoms with Gasteiger partial charge in [-0.1, -0.05) is 117 Å². The van der Waals surface area contributed by atoms with Crippen molar-refractivity contribution in [3.8, 4) is 44.8 Å². The molecule has 0 bridgehead atoms. The van der Waals surface area contributed by atoms with E-state index in [1.54, 1.807) is 0 Å². The van der Waals surface area contributed by atoms with E-state index in [9.17, 15) is 0 Å². The van der Waals surface area contributed by atoms with Crippen LogP contribution >= 0.6 is 0 Å². The number of benzene rings is 6. The van der Waals surface area contributed by atoms with Gasteiger partial charge in [0.25, 0.3) is 0 Å². The lowest BCUT2D eigenvalue weighted by Crippen LogP contribution is -2.22. The molecule has 0 radical (unpaired) electrons. The number of nitrogens with zero attached hydrogens (tertiary/aromatic N) is 3. The second-order valence-corrected chi connectivity index (χ2v) is 21.0. The minimum absolute atomic E-state index is 0.0369. The highest BCUT2D eigenvalue weighted by molar-refractivity contribution is 6.14. The molecule has 0 aliphatic carbocycles. The molecule has 0 amide bonds. The number of H-pyrrole nitrogens is 1. The molecule has 1 N–H and O–H groups in total. The van der Waals surface area contributed by atoms with Crippen LogP contribution in [0.15, 0.2) is 128 Å². The van der Waals surface area contributed by atoms with Gasteiger partial charge in [0, 0.05) is 55.7 Å². The molecule has 4 nitrogen and oxygen atoms in total. The van der Waals surface area contributed by atoms with E-state index >= 15 is 0 Å². The van der Waals surface area contributed by atoms with Crippen molar-refractivity contribution in [3.05, 3.63) is 144 Å². The average molecular weight is 787 g/mol. The van der Waals surface area contributed by atoms with E-state index in [0.717, 1.165) is 66.6 Å². The Balaban J connectivity index is 1.35. The van der Waals surface area contributed by atoms with E-state index in [1.807, 2.05) is 12.3 Å². The Morgan fingerprint density at radius 1 is 0.467 bits per heavy atom. The first-order chi connectivity index (χ1) is 28.3. The highest BCUT2D eigenvalue weighted by Crippen LogP contribution is 2.44. The fourth-order valence-corrected chi connectivity index (χ4v) is 8.86. The zero-order chi connectivity index (χ0) is 42.5. The monoisotopic (exact) mass is 786 g/mol. The van der Waals surface area contributed by atoms with Crippen LogP contribution < -0.4 is 0 Å². The molecule has 0 aliphatic rings. The van der Waals surface area contributed by atoms with Crippen molar-refractivity contribution >= 4 is 43.7 Å². The molecule has 0 saturated carbocycles. The number of nitrogens with one attached hydrogen (secondary N) is 1. The zero-order valence-electron chi connectivity index (χ0n) is 37.5. The van der Waals surface area contributed by atoms with Crippen molar-refractivity contribution in [2.45, 2.75) is 105 Å². The van der Waals surface area contributed by atoms with Gasteiger partial charge in [0.05, 0.1) is 22.1 Å². The van der Waals surface area contributed by atoms with E-state index in [4.69, 9.17) is 9.97 Å². The van der Waals surface area contributed by atoms with E-state index in [2.05, 4.69) is 208 Å². The molecular weight excluding hydrogens is 729 g/mol. The Bertz CT molecular complexity index is 3110. The Hall–Kier alpha value is -6.00. The van der Waals surface area contributed by atoms with Gasteiger partial charge in [0.15, 0.2) is 0 Å². The molecule has 6 aromatic carbocycles. The van der Waals surface area contributed by atoms with Gasteiger partial charge >= 0.3 is 0 Å². The summed E-state index contributed by atoms with van der Waals surface area (Å²) in [7, 11) is 0. The zero-order valence-corrected chi connectivity index (χ0v) is 37.5. The van der Waals surface area contributed by atoms with Crippen LogP contribution in [0.5, 0.6) is 0 Å². The Labute approximate surface area is 355 Å². The number of pyridine rings is 1. The summed E-state index contributed by atoms with van der Waals surface area (Å²) in [5.74, 6) is 0.947. The number of hydrogen-bond donors (Lipinski definition) is 1. The number of imidazole rings is 1. The maximum Gasteiger partial charge on any atom is 0.141 e. The van der Waals surface area contributed by atoms with Crippen molar-refractivity contribution < 1.29 is 0 Å². The minimum Gasteiger partial charge on any atom is -0.354 e. The molecule has 0 spiro atoms. The molecule has 60 heavy (non-hydrogen) atoms.